The number of rotatable bonds is 2. The fraction of sp³-hybridized carbons (Fsp3) is 0.188. The van der Waals surface area contributed by atoms with Crippen molar-refractivity contribution in [3.63, 3.8) is 0 Å². The molecule has 9 heteroatoms. The van der Waals surface area contributed by atoms with Crippen LogP contribution in [0.25, 0.3) is 11.0 Å². The summed E-state index contributed by atoms with van der Waals surface area (Å²) in [4.78, 5) is 7.47. The highest BCUT2D eigenvalue weighted by molar-refractivity contribution is 6.44. The summed E-state index contributed by atoms with van der Waals surface area (Å²) in [6.07, 6.45) is 0. The van der Waals surface area contributed by atoms with E-state index in [1.807, 2.05) is 13.8 Å². The molecule has 1 heterocycles. The molecule has 0 fully saturated rings. The number of H-pyrrole nitrogens is 1. The Kier molecular flexibility index (Phi) is 6.52. The minimum Gasteiger partial charge on any atom is -0.397 e. The number of halogens is 4. The first-order valence-corrected chi connectivity index (χ1v) is 8.80. The van der Waals surface area contributed by atoms with Crippen molar-refractivity contribution < 1.29 is 0 Å². The quantitative estimate of drug-likeness (QED) is 0.391. The lowest BCUT2D eigenvalue weighted by molar-refractivity contribution is 0.883. The van der Waals surface area contributed by atoms with Gasteiger partial charge in [-0.1, -0.05) is 46.4 Å². The molecule has 0 amide bonds. The molecule has 0 aliphatic heterocycles. The van der Waals surface area contributed by atoms with Gasteiger partial charge in [0, 0.05) is 6.04 Å². The number of nitrogens with zero attached hydrogens (tertiary/aromatic N) is 1. The van der Waals surface area contributed by atoms with Gasteiger partial charge in [0.25, 0.3) is 0 Å². The highest BCUT2D eigenvalue weighted by atomic mass is 35.5. The van der Waals surface area contributed by atoms with Crippen LogP contribution in [0.4, 0.5) is 17.3 Å². The summed E-state index contributed by atoms with van der Waals surface area (Å²) >= 11 is 23.1. The molecule has 0 aliphatic rings. The standard InChI is InChI=1S/C10H11Cl2N3.C6H6Cl2N2/c1-5(2)13-10-14-8-3-6(11)7(12)4-9(8)15-10;7-3-1-2-4(9)6(10)5(3)8/h3-5H,1-2H3,(H2,13,14,15);1-2H,9-10H2. The monoisotopic (exact) mass is 419 g/mol. The predicted octanol–water partition coefficient (Wildman–Crippen LogP) is 5.85. The van der Waals surface area contributed by atoms with Crippen LogP contribution in [0.15, 0.2) is 24.3 Å². The maximum absolute atomic E-state index is 5.90. The van der Waals surface area contributed by atoms with Gasteiger partial charge in [-0.25, -0.2) is 4.98 Å². The summed E-state index contributed by atoms with van der Waals surface area (Å²) < 4.78 is 0. The van der Waals surface area contributed by atoms with Crippen LogP contribution in [0.3, 0.4) is 0 Å². The minimum atomic E-state index is 0.321. The Morgan fingerprint density at radius 2 is 1.64 bits per heavy atom. The van der Waals surface area contributed by atoms with Gasteiger partial charge in [-0.05, 0) is 38.1 Å². The van der Waals surface area contributed by atoms with Crippen molar-refractivity contribution in [1.82, 2.24) is 9.97 Å². The van der Waals surface area contributed by atoms with E-state index in [9.17, 15) is 0 Å². The Bertz CT molecular complexity index is 826. The second-order valence-corrected chi connectivity index (χ2v) is 7.13. The van der Waals surface area contributed by atoms with Crippen LogP contribution in [0.2, 0.25) is 20.1 Å². The van der Waals surface area contributed by atoms with E-state index in [2.05, 4.69) is 15.3 Å². The van der Waals surface area contributed by atoms with Gasteiger partial charge in [-0.2, -0.15) is 0 Å². The van der Waals surface area contributed by atoms with E-state index < -0.39 is 0 Å². The van der Waals surface area contributed by atoms with Gasteiger partial charge >= 0.3 is 0 Å². The van der Waals surface area contributed by atoms with Crippen LogP contribution in [-0.2, 0) is 0 Å². The average molecular weight is 421 g/mol. The first-order valence-electron chi connectivity index (χ1n) is 7.29. The number of nitrogens with one attached hydrogen (secondary N) is 2. The molecule has 0 spiro atoms. The zero-order valence-corrected chi connectivity index (χ0v) is 16.5. The summed E-state index contributed by atoms with van der Waals surface area (Å²) in [5.74, 6) is 0.735. The molecule has 0 bridgehead atoms. The Morgan fingerprint density at radius 1 is 1.00 bits per heavy atom. The largest absolute Gasteiger partial charge is 0.397 e. The molecule has 5 nitrogen and oxygen atoms in total. The second kappa shape index (κ2) is 8.23. The number of aromatic amines is 1. The fourth-order valence-electron chi connectivity index (χ4n) is 1.93. The first-order chi connectivity index (χ1) is 11.7. The van der Waals surface area contributed by atoms with Crippen LogP contribution < -0.4 is 16.8 Å². The lowest BCUT2D eigenvalue weighted by atomic mass is 10.3. The van der Waals surface area contributed by atoms with Gasteiger partial charge in [-0.3, -0.25) is 0 Å². The number of anilines is 3. The van der Waals surface area contributed by atoms with Crippen molar-refractivity contribution in [1.29, 1.82) is 0 Å². The van der Waals surface area contributed by atoms with Crippen LogP contribution >= 0.6 is 46.4 Å². The van der Waals surface area contributed by atoms with Crippen LogP contribution in [-0.4, -0.2) is 16.0 Å². The molecule has 0 atom stereocenters. The minimum absolute atomic E-state index is 0.321. The average Bonchev–Trinajstić information content (AvgIpc) is 2.90. The predicted molar refractivity (Wildman–Crippen MR) is 110 cm³/mol. The maximum atomic E-state index is 5.90. The van der Waals surface area contributed by atoms with Gasteiger partial charge in [0.15, 0.2) is 0 Å². The van der Waals surface area contributed by atoms with E-state index >= 15 is 0 Å². The maximum Gasteiger partial charge on any atom is 0.201 e. The number of hydrogen-bond acceptors (Lipinski definition) is 4. The molecule has 0 radical (unpaired) electrons. The zero-order chi connectivity index (χ0) is 18.7. The van der Waals surface area contributed by atoms with Crippen molar-refractivity contribution in [2.75, 3.05) is 16.8 Å². The number of fused-ring (bicyclic) bond motifs is 1. The molecule has 0 unspecified atom stereocenters. The first kappa shape index (κ1) is 19.8. The fourth-order valence-corrected chi connectivity index (χ4v) is 2.59. The Balaban J connectivity index is 0.000000196. The number of aromatic nitrogens is 2. The molecule has 2 aromatic carbocycles. The number of imidazole rings is 1. The Morgan fingerprint density at radius 3 is 2.24 bits per heavy atom. The normalized spacial score (nSPS) is 10.7. The van der Waals surface area contributed by atoms with Crippen LogP contribution in [0.1, 0.15) is 13.8 Å². The summed E-state index contributed by atoms with van der Waals surface area (Å²) in [6.45, 7) is 4.10. The molecule has 3 aromatic rings. The van der Waals surface area contributed by atoms with Gasteiger partial charge in [0.2, 0.25) is 5.95 Å². The molecule has 134 valence electrons. The SMILES string of the molecule is CC(C)Nc1nc2cc(Cl)c(Cl)cc2[nH]1.Nc1ccc(Cl)c(Cl)c1N. The van der Waals surface area contributed by atoms with E-state index in [1.54, 1.807) is 24.3 Å². The van der Waals surface area contributed by atoms with Crippen molar-refractivity contribution in [3.05, 3.63) is 44.4 Å². The summed E-state index contributed by atoms with van der Waals surface area (Å²) in [5, 5.41) is 4.98. The van der Waals surface area contributed by atoms with E-state index in [0.717, 1.165) is 17.0 Å². The lowest BCUT2D eigenvalue weighted by Crippen LogP contribution is -2.10. The van der Waals surface area contributed by atoms with Gasteiger partial charge in [-0.15, -0.1) is 0 Å². The van der Waals surface area contributed by atoms with Crippen LogP contribution in [0, 0.1) is 0 Å². The molecule has 6 N–H and O–H groups in total. The summed E-state index contributed by atoms with van der Waals surface area (Å²) in [7, 11) is 0. The van der Waals surface area contributed by atoms with E-state index in [1.165, 1.54) is 0 Å². The van der Waals surface area contributed by atoms with Crippen molar-refractivity contribution in [2.45, 2.75) is 19.9 Å². The van der Waals surface area contributed by atoms with Gasteiger partial charge < -0.3 is 21.8 Å². The summed E-state index contributed by atoms with van der Waals surface area (Å²) in [6, 6.07) is 7.08. The smallest absolute Gasteiger partial charge is 0.201 e. The van der Waals surface area contributed by atoms with Gasteiger partial charge in [0.05, 0.1) is 42.5 Å². The third kappa shape index (κ3) is 4.98. The molecular formula is C16H17Cl4N5. The Labute approximate surface area is 165 Å². The third-order valence-corrected chi connectivity index (χ3v) is 4.66. The molecule has 0 saturated carbocycles. The number of benzene rings is 2. The van der Waals surface area contributed by atoms with E-state index in [-0.39, 0.29) is 0 Å². The molecule has 1 aromatic heterocycles. The molecular weight excluding hydrogens is 404 g/mol. The number of nitrogens with two attached hydrogens (primary N) is 2. The van der Waals surface area contributed by atoms with Crippen molar-refractivity contribution in [2.24, 2.45) is 0 Å². The second-order valence-electron chi connectivity index (χ2n) is 5.53. The highest BCUT2D eigenvalue weighted by Crippen LogP contribution is 2.31. The zero-order valence-electron chi connectivity index (χ0n) is 13.5. The van der Waals surface area contributed by atoms with Crippen LogP contribution in [0.5, 0.6) is 0 Å². The lowest BCUT2D eigenvalue weighted by Gasteiger charge is -2.04. The van der Waals surface area contributed by atoms with Crippen molar-refractivity contribution in [3.8, 4) is 0 Å². The van der Waals surface area contributed by atoms with Crippen molar-refractivity contribution >= 4 is 74.8 Å². The molecule has 3 rings (SSSR count). The van der Waals surface area contributed by atoms with E-state index in [0.29, 0.717) is 37.5 Å². The molecule has 0 aliphatic carbocycles. The van der Waals surface area contributed by atoms with Gasteiger partial charge in [0.1, 0.15) is 0 Å². The number of nitrogen functional groups attached to an aromatic ring is 2. The highest BCUT2D eigenvalue weighted by Gasteiger charge is 2.07. The molecule has 25 heavy (non-hydrogen) atoms. The third-order valence-electron chi connectivity index (χ3n) is 3.12. The summed E-state index contributed by atoms with van der Waals surface area (Å²) in [5.41, 5.74) is 13.4. The number of hydrogen-bond donors (Lipinski definition) is 4. The molecule has 0 saturated heterocycles. The van der Waals surface area contributed by atoms with E-state index in [4.69, 9.17) is 57.9 Å². The Hall–Kier alpha value is -1.53. The topological polar surface area (TPSA) is 92.8 Å².